The lowest BCUT2D eigenvalue weighted by atomic mass is 9.94. The molecule has 18 heavy (non-hydrogen) atoms. The minimum atomic E-state index is -4.21. The van der Waals surface area contributed by atoms with Crippen molar-refractivity contribution < 1.29 is 18.0 Å². The number of halogens is 4. The van der Waals surface area contributed by atoms with Crippen molar-refractivity contribution in [2.75, 3.05) is 25.4 Å². The van der Waals surface area contributed by atoms with Gasteiger partial charge in [-0.05, 0) is 43.6 Å². The number of carbonyl (C=O) groups excluding carboxylic acids is 1. The molecular formula is C10H18ClF3N2OS. The normalized spacial score (nSPS) is 17.1. The molecule has 0 radical (unpaired) electrons. The zero-order chi connectivity index (χ0) is 12.7. The summed E-state index contributed by atoms with van der Waals surface area (Å²) in [5.41, 5.74) is -4.21. The fourth-order valence-corrected chi connectivity index (χ4v) is 2.21. The highest BCUT2D eigenvalue weighted by Gasteiger charge is 2.27. The van der Waals surface area contributed by atoms with Crippen LogP contribution in [-0.2, 0) is 4.79 Å². The summed E-state index contributed by atoms with van der Waals surface area (Å²) in [5.74, 6) is 0.104. The Morgan fingerprint density at radius 3 is 2.50 bits per heavy atom. The first-order valence-corrected chi connectivity index (χ1v) is 6.64. The van der Waals surface area contributed by atoms with Gasteiger partial charge < -0.3 is 10.6 Å². The van der Waals surface area contributed by atoms with Crippen molar-refractivity contribution in [2.24, 2.45) is 5.92 Å². The molecule has 0 unspecified atom stereocenters. The van der Waals surface area contributed by atoms with Crippen LogP contribution < -0.4 is 10.6 Å². The second kappa shape index (κ2) is 8.87. The Morgan fingerprint density at radius 1 is 1.33 bits per heavy atom. The Bertz CT molecular complexity index is 248. The summed E-state index contributed by atoms with van der Waals surface area (Å²) in [5, 5.41) is 5.72. The van der Waals surface area contributed by atoms with Crippen LogP contribution in [0.15, 0.2) is 0 Å². The average Bonchev–Trinajstić information content (AvgIpc) is 2.25. The van der Waals surface area contributed by atoms with Gasteiger partial charge in [0.1, 0.15) is 0 Å². The number of amides is 1. The van der Waals surface area contributed by atoms with Crippen LogP contribution in [0.25, 0.3) is 0 Å². The Balaban J connectivity index is 0.00000289. The second-order valence-corrected chi connectivity index (χ2v) is 5.20. The summed E-state index contributed by atoms with van der Waals surface area (Å²) in [6.45, 7) is 1.91. The third-order valence-corrected chi connectivity index (χ3v) is 3.36. The van der Waals surface area contributed by atoms with Crippen molar-refractivity contribution in [3.05, 3.63) is 0 Å². The smallest absolute Gasteiger partial charge is 0.355 e. The van der Waals surface area contributed by atoms with Crippen LogP contribution in [-0.4, -0.2) is 36.8 Å². The van der Waals surface area contributed by atoms with Gasteiger partial charge in [0.25, 0.3) is 0 Å². The fourth-order valence-electron chi connectivity index (χ4n) is 1.78. The maximum absolute atomic E-state index is 11.8. The molecule has 0 aromatic carbocycles. The molecule has 108 valence electrons. The number of piperidine rings is 1. The van der Waals surface area contributed by atoms with Crippen molar-refractivity contribution in [1.82, 2.24) is 10.6 Å². The van der Waals surface area contributed by atoms with E-state index in [1.54, 1.807) is 0 Å². The van der Waals surface area contributed by atoms with Gasteiger partial charge in [0.15, 0.2) is 0 Å². The molecule has 0 aliphatic carbocycles. The Morgan fingerprint density at radius 2 is 1.94 bits per heavy atom. The first-order valence-electron chi connectivity index (χ1n) is 5.65. The average molecular weight is 307 g/mol. The van der Waals surface area contributed by atoms with E-state index in [0.717, 1.165) is 25.9 Å². The lowest BCUT2D eigenvalue weighted by Crippen LogP contribution is -2.33. The van der Waals surface area contributed by atoms with E-state index in [1.807, 2.05) is 0 Å². The lowest BCUT2D eigenvalue weighted by Gasteiger charge is -2.21. The number of rotatable bonds is 5. The largest absolute Gasteiger partial charge is 0.441 e. The zero-order valence-corrected chi connectivity index (χ0v) is 11.5. The topological polar surface area (TPSA) is 41.1 Å². The maximum Gasteiger partial charge on any atom is 0.441 e. The fraction of sp³-hybridized carbons (Fsp3) is 0.900. The van der Waals surface area contributed by atoms with Crippen molar-refractivity contribution >= 4 is 30.1 Å². The molecule has 2 N–H and O–H groups in total. The molecule has 1 aliphatic rings. The van der Waals surface area contributed by atoms with Crippen LogP contribution in [0.5, 0.6) is 0 Å². The van der Waals surface area contributed by atoms with Gasteiger partial charge >= 0.3 is 5.51 Å². The molecule has 8 heteroatoms. The number of carbonyl (C=O) groups is 1. The monoisotopic (exact) mass is 306 g/mol. The molecule has 0 saturated carbocycles. The van der Waals surface area contributed by atoms with E-state index in [2.05, 4.69) is 10.6 Å². The van der Waals surface area contributed by atoms with E-state index in [4.69, 9.17) is 0 Å². The predicted octanol–water partition coefficient (Wildman–Crippen LogP) is 2.17. The lowest BCUT2D eigenvalue weighted by molar-refractivity contribution is -0.122. The molecule has 0 aromatic heterocycles. The summed E-state index contributed by atoms with van der Waals surface area (Å²) in [6.07, 6.45) is 2.35. The van der Waals surface area contributed by atoms with E-state index in [0.29, 0.717) is 12.3 Å². The Kier molecular flexibility index (Phi) is 8.81. The third kappa shape index (κ3) is 8.88. The third-order valence-electron chi connectivity index (χ3n) is 2.62. The molecular weight excluding hydrogens is 289 g/mol. The van der Waals surface area contributed by atoms with Gasteiger partial charge in [-0.3, -0.25) is 4.79 Å². The minimum absolute atomic E-state index is 0. The Labute approximate surface area is 115 Å². The van der Waals surface area contributed by atoms with E-state index < -0.39 is 5.51 Å². The summed E-state index contributed by atoms with van der Waals surface area (Å²) >= 11 is -0.103. The van der Waals surface area contributed by atoms with E-state index >= 15 is 0 Å². The van der Waals surface area contributed by atoms with E-state index in [1.165, 1.54) is 0 Å². The maximum atomic E-state index is 11.8. The quantitative estimate of drug-likeness (QED) is 0.765. The summed E-state index contributed by atoms with van der Waals surface area (Å²) in [4.78, 5) is 11.4. The van der Waals surface area contributed by atoms with Crippen LogP contribution in [0.2, 0.25) is 0 Å². The van der Waals surface area contributed by atoms with Crippen LogP contribution in [0.4, 0.5) is 13.2 Å². The van der Waals surface area contributed by atoms with Crippen molar-refractivity contribution in [2.45, 2.75) is 24.8 Å². The summed E-state index contributed by atoms with van der Waals surface area (Å²) < 4.78 is 35.4. The number of hydrogen-bond acceptors (Lipinski definition) is 3. The first-order chi connectivity index (χ1) is 7.97. The second-order valence-electron chi connectivity index (χ2n) is 4.04. The molecule has 1 heterocycles. The zero-order valence-electron chi connectivity index (χ0n) is 9.89. The molecule has 0 aromatic rings. The van der Waals surface area contributed by atoms with Gasteiger partial charge in [0.2, 0.25) is 5.91 Å². The van der Waals surface area contributed by atoms with Gasteiger partial charge in [-0.25, -0.2) is 0 Å². The van der Waals surface area contributed by atoms with Crippen LogP contribution in [0.3, 0.4) is 0 Å². The first kappa shape index (κ1) is 17.9. The highest BCUT2D eigenvalue weighted by molar-refractivity contribution is 8.00. The molecule has 1 aliphatic heterocycles. The van der Waals surface area contributed by atoms with Gasteiger partial charge in [0.05, 0.1) is 0 Å². The van der Waals surface area contributed by atoms with Crippen LogP contribution in [0, 0.1) is 5.92 Å². The highest BCUT2D eigenvalue weighted by atomic mass is 35.5. The minimum Gasteiger partial charge on any atom is -0.355 e. The van der Waals surface area contributed by atoms with Crippen molar-refractivity contribution in [1.29, 1.82) is 0 Å². The molecule has 1 amide bonds. The van der Waals surface area contributed by atoms with Gasteiger partial charge in [0, 0.05) is 18.7 Å². The van der Waals surface area contributed by atoms with Crippen molar-refractivity contribution in [3.8, 4) is 0 Å². The molecule has 1 fully saturated rings. The molecule has 0 spiro atoms. The molecule has 0 atom stereocenters. The van der Waals surface area contributed by atoms with E-state index in [-0.39, 0.29) is 42.4 Å². The molecule has 0 bridgehead atoms. The van der Waals surface area contributed by atoms with Gasteiger partial charge in [-0.1, -0.05) is 0 Å². The number of hydrogen-bond donors (Lipinski definition) is 2. The molecule has 3 nitrogen and oxygen atoms in total. The predicted molar refractivity (Wildman–Crippen MR) is 69.0 cm³/mol. The van der Waals surface area contributed by atoms with E-state index in [9.17, 15) is 18.0 Å². The van der Waals surface area contributed by atoms with Gasteiger partial charge in [-0.2, -0.15) is 13.2 Å². The van der Waals surface area contributed by atoms with Crippen LogP contribution in [0.1, 0.15) is 19.3 Å². The number of nitrogens with one attached hydrogen (secondary N) is 2. The summed E-state index contributed by atoms with van der Waals surface area (Å²) in [6, 6.07) is 0. The van der Waals surface area contributed by atoms with Crippen molar-refractivity contribution in [3.63, 3.8) is 0 Å². The summed E-state index contributed by atoms with van der Waals surface area (Å²) in [7, 11) is 0. The highest BCUT2D eigenvalue weighted by Crippen LogP contribution is 2.29. The number of alkyl halides is 3. The molecule has 1 saturated heterocycles. The van der Waals surface area contributed by atoms with Crippen LogP contribution >= 0.6 is 24.2 Å². The SMILES string of the molecule is Cl.O=C(CC1CCNCC1)NCCSC(F)(F)F. The Hall–Kier alpha value is -0.140. The van der Waals surface area contributed by atoms with Gasteiger partial charge in [-0.15, -0.1) is 12.4 Å². The molecule has 1 rings (SSSR count). The standard InChI is InChI=1S/C10H17F3N2OS.ClH/c11-10(12,13)17-6-5-15-9(16)7-8-1-3-14-4-2-8;/h8,14H,1-7H2,(H,15,16);1H. The number of thioether (sulfide) groups is 1.